The van der Waals surface area contributed by atoms with Gasteiger partial charge in [0.2, 0.25) is 0 Å². The molecule has 0 amide bonds. The molecule has 0 aliphatic heterocycles. The molecule has 0 fully saturated rings. The third kappa shape index (κ3) is 3.91. The van der Waals surface area contributed by atoms with E-state index in [4.69, 9.17) is 0 Å². The number of hydrogen-bond acceptors (Lipinski definition) is 4. The number of aromatic nitrogens is 1. The summed E-state index contributed by atoms with van der Waals surface area (Å²) in [6, 6.07) is 3.57. The van der Waals surface area contributed by atoms with Crippen LogP contribution in [0.4, 0.5) is 5.82 Å². The highest BCUT2D eigenvalue weighted by Gasteiger charge is 2.05. The molecule has 0 aromatic carbocycles. The van der Waals surface area contributed by atoms with Crippen molar-refractivity contribution in [3.63, 3.8) is 0 Å². The molecule has 0 aliphatic rings. The van der Waals surface area contributed by atoms with Crippen LogP contribution in [0.1, 0.15) is 36.5 Å². The molecule has 82 valence electrons. The van der Waals surface area contributed by atoms with E-state index in [0.717, 1.165) is 24.2 Å². The molecule has 0 spiro atoms. The van der Waals surface area contributed by atoms with Crippen molar-refractivity contribution < 1.29 is 4.79 Å². The lowest BCUT2D eigenvalue weighted by atomic mass is 10.1. The van der Waals surface area contributed by atoms with E-state index < -0.39 is 0 Å². The summed E-state index contributed by atoms with van der Waals surface area (Å²) < 4.78 is 3.01. The van der Waals surface area contributed by atoms with E-state index in [1.165, 1.54) is 11.9 Å². The molecule has 0 atom stereocenters. The summed E-state index contributed by atoms with van der Waals surface area (Å²) >= 11 is 1.47. The van der Waals surface area contributed by atoms with Crippen LogP contribution in [0.25, 0.3) is 0 Å². The number of carbonyl (C=O) groups is 1. The second kappa shape index (κ2) is 6.45. The van der Waals surface area contributed by atoms with Crippen LogP contribution in [-0.4, -0.2) is 17.0 Å². The minimum Gasteiger partial charge on any atom is -0.315 e. The molecule has 1 rings (SSSR count). The van der Waals surface area contributed by atoms with E-state index in [9.17, 15) is 4.79 Å². The zero-order valence-electron chi connectivity index (χ0n) is 9.12. The summed E-state index contributed by atoms with van der Waals surface area (Å²) in [5.74, 6) is 0.938. The van der Waals surface area contributed by atoms with E-state index in [1.54, 1.807) is 18.3 Å². The number of anilines is 1. The van der Waals surface area contributed by atoms with Crippen LogP contribution in [0.15, 0.2) is 18.3 Å². The number of ketones is 1. The van der Waals surface area contributed by atoms with Gasteiger partial charge in [-0.2, -0.15) is 0 Å². The second-order valence-corrected chi connectivity index (χ2v) is 3.88. The number of hydrogen-bond donors (Lipinski definition) is 1. The molecule has 1 aromatic rings. The number of nitrogens with zero attached hydrogens (tertiary/aromatic N) is 1. The highest BCUT2D eigenvalue weighted by Crippen LogP contribution is 2.12. The smallest absolute Gasteiger partial charge is 0.163 e. The van der Waals surface area contributed by atoms with Gasteiger partial charge >= 0.3 is 0 Å². The van der Waals surface area contributed by atoms with Gasteiger partial charge in [0.25, 0.3) is 0 Å². The first-order valence-corrected chi connectivity index (χ1v) is 6.28. The summed E-state index contributed by atoms with van der Waals surface area (Å²) in [5.41, 5.74) is 0.745. The molecule has 4 heteroatoms. The molecule has 0 unspecified atom stereocenters. The molecule has 1 heterocycles. The molecule has 0 radical (unpaired) electrons. The Morgan fingerprint density at radius 2 is 2.40 bits per heavy atom. The standard InChI is InChI=1S/C11H16N2OS/c1-3-4-5-10(14)9-6-7-12-11(8-9)13-15-2/h6-8H,3-5H2,1-2H3,(H,12,13). The fourth-order valence-corrected chi connectivity index (χ4v) is 1.57. The Bertz CT molecular complexity index is 328. The Morgan fingerprint density at radius 3 is 3.07 bits per heavy atom. The molecule has 0 aliphatic carbocycles. The summed E-state index contributed by atoms with van der Waals surface area (Å²) in [4.78, 5) is 15.8. The SMILES string of the molecule is CCCCC(=O)c1ccnc(NSC)c1. The van der Waals surface area contributed by atoms with Gasteiger partial charge in [0, 0.05) is 24.4 Å². The van der Waals surface area contributed by atoms with Crippen molar-refractivity contribution in [1.82, 2.24) is 4.98 Å². The van der Waals surface area contributed by atoms with Gasteiger partial charge in [0.05, 0.1) is 0 Å². The van der Waals surface area contributed by atoms with E-state index >= 15 is 0 Å². The first-order valence-electron chi connectivity index (χ1n) is 5.06. The van der Waals surface area contributed by atoms with Gasteiger partial charge in [-0.1, -0.05) is 25.3 Å². The predicted octanol–water partition coefficient (Wildman–Crippen LogP) is 3.14. The van der Waals surface area contributed by atoms with Gasteiger partial charge in [0.1, 0.15) is 5.82 Å². The Hall–Kier alpha value is -1.03. The number of carbonyl (C=O) groups excluding carboxylic acids is 1. The lowest BCUT2D eigenvalue weighted by Gasteiger charge is -2.03. The van der Waals surface area contributed by atoms with Crippen LogP contribution in [0.3, 0.4) is 0 Å². The van der Waals surface area contributed by atoms with Gasteiger partial charge in [-0.05, 0) is 18.6 Å². The maximum Gasteiger partial charge on any atom is 0.163 e. The monoisotopic (exact) mass is 224 g/mol. The Kier molecular flexibility index (Phi) is 5.18. The summed E-state index contributed by atoms with van der Waals surface area (Å²) in [7, 11) is 0. The lowest BCUT2D eigenvalue weighted by Crippen LogP contribution is -2.00. The number of pyridine rings is 1. The molecule has 0 saturated heterocycles. The van der Waals surface area contributed by atoms with E-state index in [-0.39, 0.29) is 5.78 Å². The minimum atomic E-state index is 0.198. The molecule has 3 nitrogen and oxygen atoms in total. The van der Waals surface area contributed by atoms with Crippen LogP contribution in [0, 0.1) is 0 Å². The maximum atomic E-state index is 11.7. The fourth-order valence-electron chi connectivity index (χ4n) is 1.25. The quantitative estimate of drug-likeness (QED) is 0.595. The number of Topliss-reactive ketones (excluding diaryl/α,β-unsaturated/α-hetero) is 1. The van der Waals surface area contributed by atoms with Crippen LogP contribution in [0.5, 0.6) is 0 Å². The van der Waals surface area contributed by atoms with Gasteiger partial charge in [-0.3, -0.25) is 4.79 Å². The number of unbranched alkanes of at least 4 members (excludes halogenated alkanes) is 1. The zero-order valence-corrected chi connectivity index (χ0v) is 9.93. The van der Waals surface area contributed by atoms with Gasteiger partial charge in [-0.15, -0.1) is 0 Å². The van der Waals surface area contributed by atoms with Gasteiger partial charge in [-0.25, -0.2) is 4.98 Å². The van der Waals surface area contributed by atoms with Crippen LogP contribution < -0.4 is 4.72 Å². The van der Waals surface area contributed by atoms with Crippen molar-refractivity contribution in [1.29, 1.82) is 0 Å². The number of rotatable bonds is 6. The van der Waals surface area contributed by atoms with Crippen molar-refractivity contribution in [3.05, 3.63) is 23.9 Å². The van der Waals surface area contributed by atoms with Crippen LogP contribution >= 0.6 is 11.9 Å². The molecule has 15 heavy (non-hydrogen) atoms. The molecular formula is C11H16N2OS. The van der Waals surface area contributed by atoms with Gasteiger partial charge in [0.15, 0.2) is 5.78 Å². The Labute approximate surface area is 94.8 Å². The van der Waals surface area contributed by atoms with Crippen molar-refractivity contribution in [2.75, 3.05) is 11.0 Å². The molecule has 1 aromatic heterocycles. The number of nitrogens with one attached hydrogen (secondary N) is 1. The Balaban J connectivity index is 2.67. The zero-order chi connectivity index (χ0) is 11.1. The molecular weight excluding hydrogens is 208 g/mol. The van der Waals surface area contributed by atoms with Crippen molar-refractivity contribution in [2.45, 2.75) is 26.2 Å². The molecule has 0 bridgehead atoms. The summed E-state index contributed by atoms with van der Waals surface area (Å²) in [6.45, 7) is 2.08. The first-order chi connectivity index (χ1) is 7.27. The second-order valence-electron chi connectivity index (χ2n) is 3.26. The predicted molar refractivity (Wildman–Crippen MR) is 65.2 cm³/mol. The third-order valence-corrected chi connectivity index (χ3v) is 2.46. The van der Waals surface area contributed by atoms with E-state index in [1.807, 2.05) is 6.26 Å². The van der Waals surface area contributed by atoms with Crippen molar-refractivity contribution >= 4 is 23.5 Å². The van der Waals surface area contributed by atoms with Crippen LogP contribution in [-0.2, 0) is 0 Å². The largest absolute Gasteiger partial charge is 0.315 e. The summed E-state index contributed by atoms with van der Waals surface area (Å²) in [6.07, 6.45) is 6.21. The normalized spacial score (nSPS) is 10.0. The highest BCUT2D eigenvalue weighted by atomic mass is 32.2. The molecule has 1 N–H and O–H groups in total. The third-order valence-electron chi connectivity index (χ3n) is 2.05. The van der Waals surface area contributed by atoms with Crippen molar-refractivity contribution in [3.8, 4) is 0 Å². The first kappa shape index (κ1) is 12.0. The highest BCUT2D eigenvalue weighted by molar-refractivity contribution is 7.99. The minimum absolute atomic E-state index is 0.198. The Morgan fingerprint density at radius 1 is 1.60 bits per heavy atom. The average Bonchev–Trinajstić information content (AvgIpc) is 2.27. The maximum absolute atomic E-state index is 11.7. The summed E-state index contributed by atoms with van der Waals surface area (Å²) in [5, 5.41) is 0. The lowest BCUT2D eigenvalue weighted by molar-refractivity contribution is 0.0979. The van der Waals surface area contributed by atoms with Crippen molar-refractivity contribution in [2.24, 2.45) is 0 Å². The van der Waals surface area contributed by atoms with Gasteiger partial charge < -0.3 is 4.72 Å². The van der Waals surface area contributed by atoms with E-state index in [0.29, 0.717) is 6.42 Å². The van der Waals surface area contributed by atoms with E-state index in [2.05, 4.69) is 16.6 Å². The fraction of sp³-hybridized carbons (Fsp3) is 0.455. The topological polar surface area (TPSA) is 42.0 Å². The van der Waals surface area contributed by atoms with Crippen LogP contribution in [0.2, 0.25) is 0 Å². The average molecular weight is 224 g/mol. The molecule has 0 saturated carbocycles.